The Morgan fingerprint density at radius 2 is 1.97 bits per heavy atom. The Morgan fingerprint density at radius 1 is 1.33 bits per heavy atom. The molecule has 1 heterocycles. The summed E-state index contributed by atoms with van der Waals surface area (Å²) in [6.07, 6.45) is 8.19. The van der Waals surface area contributed by atoms with Gasteiger partial charge in [0.25, 0.3) is 0 Å². The van der Waals surface area contributed by atoms with Crippen LogP contribution in [-0.2, 0) is 19.6 Å². The zero-order valence-corrected chi connectivity index (χ0v) is 21.0. The van der Waals surface area contributed by atoms with Crippen LogP contribution in [-0.4, -0.2) is 60.9 Å². The number of sulfonamides is 1. The van der Waals surface area contributed by atoms with Crippen LogP contribution < -0.4 is 10.5 Å². The average Bonchev–Trinajstić information content (AvgIpc) is 2.64. The molecule has 0 bridgehead atoms. The van der Waals surface area contributed by atoms with Gasteiger partial charge in [0.2, 0.25) is 21.8 Å². The van der Waals surface area contributed by atoms with Gasteiger partial charge in [0.15, 0.2) is 0 Å². The summed E-state index contributed by atoms with van der Waals surface area (Å²) in [6, 6.07) is -0.639. The maximum atomic E-state index is 13.3. The topological polar surface area (TPSA) is 141 Å². The van der Waals surface area contributed by atoms with Gasteiger partial charge in [-0.3, -0.25) is 9.59 Å². The van der Waals surface area contributed by atoms with Crippen molar-refractivity contribution in [3.8, 4) is 0 Å². The number of allylic oxidation sites excluding steroid dienone is 4. The lowest BCUT2D eigenvalue weighted by Crippen LogP contribution is -2.56. The number of nitrogens with zero attached hydrogens (tertiary/aromatic N) is 1. The Labute approximate surface area is 204 Å². The molecule has 0 saturated carbocycles. The molecule has 1 unspecified atom stereocenters. The van der Waals surface area contributed by atoms with Crippen molar-refractivity contribution in [3.63, 3.8) is 0 Å². The molecule has 2 amide bonds. The molecular formula is C23H42ClN3O5S. The van der Waals surface area contributed by atoms with Crippen molar-refractivity contribution in [1.29, 1.82) is 0 Å². The van der Waals surface area contributed by atoms with Crippen molar-refractivity contribution in [2.45, 2.75) is 72.2 Å². The van der Waals surface area contributed by atoms with Gasteiger partial charge in [0.1, 0.15) is 6.04 Å². The summed E-state index contributed by atoms with van der Waals surface area (Å²) in [5.74, 6) is -0.410. The fraction of sp³-hybridized carbons (Fsp3) is 0.739. The minimum absolute atomic E-state index is 0. The van der Waals surface area contributed by atoms with Gasteiger partial charge in [-0.1, -0.05) is 53.3 Å². The molecule has 5 N–H and O–H groups in total. The van der Waals surface area contributed by atoms with Gasteiger partial charge in [-0.05, 0) is 42.1 Å². The molecular weight excluding hydrogens is 466 g/mol. The highest BCUT2D eigenvalue weighted by molar-refractivity contribution is 7.89. The maximum Gasteiger partial charge on any atom is 0.245 e. The second kappa shape index (κ2) is 12.9. The van der Waals surface area contributed by atoms with E-state index in [-0.39, 0.29) is 60.0 Å². The molecule has 1 aliphatic carbocycles. The van der Waals surface area contributed by atoms with Crippen molar-refractivity contribution in [2.75, 3.05) is 18.8 Å². The minimum atomic E-state index is -3.60. The summed E-state index contributed by atoms with van der Waals surface area (Å²) in [4.78, 5) is 27.4. The predicted octanol–water partition coefficient (Wildman–Crippen LogP) is 2.38. The molecule has 0 aromatic carbocycles. The van der Waals surface area contributed by atoms with Gasteiger partial charge in [-0.2, -0.15) is 0 Å². The number of hydrogen-bond acceptors (Lipinski definition) is 4. The SMILES string of the molecule is C.CC(C)[C@@H](NC(=O)CCCS(N)(=O)=O)C(=O)N1CC[C@H](C2=CCC(Cl)C=C2)C(C)(C)C1.O. The molecule has 1 saturated heterocycles. The molecule has 192 valence electrons. The summed E-state index contributed by atoms with van der Waals surface area (Å²) in [7, 11) is -3.60. The molecule has 1 fully saturated rings. The molecule has 3 atom stereocenters. The first-order chi connectivity index (χ1) is 14.3. The molecule has 0 spiro atoms. The second-order valence-electron chi connectivity index (χ2n) is 9.66. The molecule has 8 nitrogen and oxygen atoms in total. The van der Waals surface area contributed by atoms with Crippen molar-refractivity contribution < 1.29 is 23.5 Å². The van der Waals surface area contributed by atoms with Gasteiger partial charge < -0.3 is 15.7 Å². The Kier molecular flexibility index (Phi) is 12.3. The third-order valence-electron chi connectivity index (χ3n) is 6.10. The first kappa shape index (κ1) is 31.6. The van der Waals surface area contributed by atoms with Crippen LogP contribution in [0.25, 0.3) is 0 Å². The number of hydrogen-bond donors (Lipinski definition) is 2. The van der Waals surface area contributed by atoms with E-state index in [0.29, 0.717) is 19.0 Å². The predicted molar refractivity (Wildman–Crippen MR) is 134 cm³/mol. The molecule has 0 aromatic rings. The zero-order chi connectivity index (χ0) is 23.4. The summed E-state index contributed by atoms with van der Waals surface area (Å²) in [5, 5.41) is 7.83. The Morgan fingerprint density at radius 3 is 2.45 bits per heavy atom. The molecule has 0 aromatic heterocycles. The highest BCUT2D eigenvalue weighted by Gasteiger charge is 2.41. The third-order valence-corrected chi connectivity index (χ3v) is 7.28. The molecule has 2 rings (SSSR count). The van der Waals surface area contributed by atoms with E-state index in [0.717, 1.165) is 12.8 Å². The second-order valence-corrected chi connectivity index (χ2v) is 12.0. The molecule has 33 heavy (non-hydrogen) atoms. The lowest BCUT2D eigenvalue weighted by molar-refractivity contribution is -0.141. The fourth-order valence-electron chi connectivity index (χ4n) is 4.42. The third kappa shape index (κ3) is 9.39. The van der Waals surface area contributed by atoms with Gasteiger partial charge in [0.05, 0.1) is 11.1 Å². The number of piperidine rings is 1. The zero-order valence-electron chi connectivity index (χ0n) is 19.4. The van der Waals surface area contributed by atoms with Crippen LogP contribution in [0, 0.1) is 17.3 Å². The minimum Gasteiger partial charge on any atom is -0.412 e. The Hall–Kier alpha value is -1.42. The Bertz CT molecular complexity index is 839. The molecule has 1 aliphatic heterocycles. The number of likely N-dealkylation sites (tertiary alicyclic amines) is 1. The van der Waals surface area contributed by atoms with Gasteiger partial charge in [-0.25, -0.2) is 13.6 Å². The number of nitrogens with one attached hydrogen (secondary N) is 1. The van der Waals surface area contributed by atoms with Crippen LogP contribution in [0.3, 0.4) is 0 Å². The number of rotatable bonds is 8. The number of alkyl halides is 1. The first-order valence-corrected chi connectivity index (χ1v) is 13.1. The van der Waals surface area contributed by atoms with E-state index in [4.69, 9.17) is 16.7 Å². The average molecular weight is 508 g/mol. The van der Waals surface area contributed by atoms with Crippen molar-refractivity contribution >= 4 is 33.4 Å². The van der Waals surface area contributed by atoms with Gasteiger partial charge in [0, 0.05) is 19.5 Å². The largest absolute Gasteiger partial charge is 0.412 e. The van der Waals surface area contributed by atoms with E-state index >= 15 is 0 Å². The standard InChI is InChI=1S/C22H36ClN3O4S.CH4.H2O/c1-15(2)20(25-19(27)6-5-13-31(24,29)30)21(28)26-12-11-18(22(3,4)14-26)16-7-9-17(23)10-8-16;;/h7-9,15,17-18,20H,5-6,10-14H2,1-4H3,(H,25,27)(H2,24,29,30);1H4;1H2/t17?,18-,20-;;/m1../s1. The van der Waals surface area contributed by atoms with E-state index in [9.17, 15) is 18.0 Å². The van der Waals surface area contributed by atoms with Crippen LogP contribution in [0.4, 0.5) is 0 Å². The number of halogens is 1. The van der Waals surface area contributed by atoms with E-state index < -0.39 is 16.1 Å². The van der Waals surface area contributed by atoms with Crippen molar-refractivity contribution in [3.05, 3.63) is 23.8 Å². The molecule has 2 aliphatic rings. The summed E-state index contributed by atoms with van der Waals surface area (Å²) in [6.45, 7) is 9.38. The molecule has 10 heteroatoms. The van der Waals surface area contributed by atoms with E-state index in [2.05, 4.69) is 31.3 Å². The fourth-order valence-corrected chi connectivity index (χ4v) is 5.13. The number of primary sulfonamides is 1. The lowest BCUT2D eigenvalue weighted by Gasteiger charge is -2.46. The van der Waals surface area contributed by atoms with Crippen molar-refractivity contribution in [1.82, 2.24) is 10.2 Å². The highest BCUT2D eigenvalue weighted by atomic mass is 35.5. The van der Waals surface area contributed by atoms with Crippen molar-refractivity contribution in [2.24, 2.45) is 22.4 Å². The smallest absolute Gasteiger partial charge is 0.245 e. The first-order valence-electron chi connectivity index (χ1n) is 10.9. The summed E-state index contributed by atoms with van der Waals surface area (Å²) >= 11 is 6.16. The summed E-state index contributed by atoms with van der Waals surface area (Å²) < 4.78 is 22.1. The van der Waals surface area contributed by atoms with Gasteiger partial charge in [-0.15, -0.1) is 11.6 Å². The van der Waals surface area contributed by atoms with Crippen LogP contribution in [0.15, 0.2) is 23.8 Å². The highest BCUT2D eigenvalue weighted by Crippen LogP contribution is 2.41. The van der Waals surface area contributed by atoms with Crippen LogP contribution in [0.2, 0.25) is 0 Å². The normalized spacial score (nSPS) is 23.1. The van der Waals surface area contributed by atoms with Crippen LogP contribution >= 0.6 is 11.6 Å². The summed E-state index contributed by atoms with van der Waals surface area (Å²) in [5.41, 5.74) is 1.18. The van der Waals surface area contributed by atoms with E-state index in [1.165, 1.54) is 5.57 Å². The monoisotopic (exact) mass is 507 g/mol. The van der Waals surface area contributed by atoms with Crippen LogP contribution in [0.1, 0.15) is 60.8 Å². The number of nitrogens with two attached hydrogens (primary N) is 1. The maximum absolute atomic E-state index is 13.3. The lowest BCUT2D eigenvalue weighted by atomic mass is 9.69. The number of carbonyl (C=O) groups is 2. The molecule has 0 radical (unpaired) electrons. The Balaban J connectivity index is 0.00000512. The quantitative estimate of drug-likeness (QED) is 0.486. The number of carbonyl (C=O) groups excluding carboxylic acids is 2. The van der Waals surface area contributed by atoms with Crippen LogP contribution in [0.5, 0.6) is 0 Å². The van der Waals surface area contributed by atoms with E-state index in [1.54, 1.807) is 0 Å². The van der Waals surface area contributed by atoms with Gasteiger partial charge >= 0.3 is 0 Å². The number of amides is 2. The van der Waals surface area contributed by atoms with E-state index in [1.807, 2.05) is 24.8 Å².